The van der Waals surface area contributed by atoms with Gasteiger partial charge in [-0.3, -0.25) is 9.59 Å². The molecule has 6 heteroatoms. The highest BCUT2D eigenvalue weighted by Gasteiger charge is 2.42. The van der Waals surface area contributed by atoms with Crippen LogP contribution in [0.2, 0.25) is 0 Å². The zero-order valence-electron chi connectivity index (χ0n) is 12.7. The van der Waals surface area contributed by atoms with Crippen molar-refractivity contribution in [1.82, 2.24) is 4.90 Å². The van der Waals surface area contributed by atoms with E-state index in [0.717, 1.165) is 12.1 Å². The Kier molecular flexibility index (Phi) is 5.13. The zero-order chi connectivity index (χ0) is 17.0. The summed E-state index contributed by atoms with van der Waals surface area (Å²) < 4.78 is 26.6. The molecule has 2 rings (SSSR count). The molecule has 1 amide bonds. The van der Waals surface area contributed by atoms with Crippen LogP contribution >= 0.6 is 0 Å². The third-order valence-corrected chi connectivity index (χ3v) is 4.28. The summed E-state index contributed by atoms with van der Waals surface area (Å²) in [5.41, 5.74) is -0.927. The predicted octanol–water partition coefficient (Wildman–Crippen LogP) is 2.78. The molecule has 124 valence electrons. The monoisotopic (exact) mass is 323 g/mol. The second-order valence-electron chi connectivity index (χ2n) is 5.91. The molecule has 1 aromatic rings. The van der Waals surface area contributed by atoms with Gasteiger partial charge in [-0.05, 0) is 30.9 Å². The number of allylic oxidation sites excluding steroid dienone is 1. The van der Waals surface area contributed by atoms with E-state index in [1.54, 1.807) is 6.08 Å². The van der Waals surface area contributed by atoms with Crippen molar-refractivity contribution in [2.24, 2.45) is 5.41 Å². The molecule has 0 aromatic heterocycles. The van der Waals surface area contributed by atoms with E-state index >= 15 is 0 Å². The lowest BCUT2D eigenvalue weighted by Crippen LogP contribution is -2.50. The van der Waals surface area contributed by atoms with E-state index in [2.05, 4.69) is 6.58 Å². The predicted molar refractivity (Wildman–Crippen MR) is 80.8 cm³/mol. The molecular formula is C17H19F2NO3. The van der Waals surface area contributed by atoms with E-state index in [4.69, 9.17) is 0 Å². The Morgan fingerprint density at radius 1 is 1.39 bits per heavy atom. The first kappa shape index (κ1) is 17.1. The lowest BCUT2D eigenvalue weighted by molar-refractivity contribution is -0.154. The Labute approximate surface area is 133 Å². The lowest BCUT2D eigenvalue weighted by atomic mass is 9.77. The molecule has 0 radical (unpaired) electrons. The van der Waals surface area contributed by atoms with Crippen molar-refractivity contribution in [3.8, 4) is 0 Å². The minimum atomic E-state index is -1.03. The molecule has 1 heterocycles. The van der Waals surface area contributed by atoms with Gasteiger partial charge in [-0.25, -0.2) is 8.78 Å². The fraction of sp³-hybridized carbons (Fsp3) is 0.412. The zero-order valence-corrected chi connectivity index (χ0v) is 12.7. The summed E-state index contributed by atoms with van der Waals surface area (Å²) in [6, 6.07) is 3.07. The number of amides is 1. The second-order valence-corrected chi connectivity index (χ2v) is 5.91. The number of aliphatic carboxylic acids is 1. The maximum Gasteiger partial charge on any atom is 0.311 e. The second kappa shape index (κ2) is 6.89. The Morgan fingerprint density at radius 2 is 2.13 bits per heavy atom. The number of hydrogen-bond donors (Lipinski definition) is 1. The maximum absolute atomic E-state index is 13.7. The van der Waals surface area contributed by atoms with Gasteiger partial charge >= 0.3 is 5.97 Å². The number of benzene rings is 1. The van der Waals surface area contributed by atoms with Gasteiger partial charge in [-0.2, -0.15) is 0 Å². The fourth-order valence-electron chi connectivity index (χ4n) is 2.99. The van der Waals surface area contributed by atoms with Gasteiger partial charge in [0, 0.05) is 19.2 Å². The molecular weight excluding hydrogens is 304 g/mol. The van der Waals surface area contributed by atoms with Crippen LogP contribution in [0.4, 0.5) is 8.78 Å². The van der Waals surface area contributed by atoms with Gasteiger partial charge in [0.15, 0.2) is 0 Å². The highest BCUT2D eigenvalue weighted by atomic mass is 19.1. The van der Waals surface area contributed by atoms with E-state index in [1.165, 1.54) is 11.0 Å². The van der Waals surface area contributed by atoms with Crippen molar-refractivity contribution in [2.45, 2.75) is 25.7 Å². The third kappa shape index (κ3) is 3.75. The molecule has 0 saturated carbocycles. The Bertz CT molecular complexity index is 632. The quantitative estimate of drug-likeness (QED) is 0.848. The van der Waals surface area contributed by atoms with E-state index in [1.807, 2.05) is 0 Å². The molecule has 1 fully saturated rings. The number of halogens is 2. The van der Waals surface area contributed by atoms with Gasteiger partial charge in [0.1, 0.15) is 11.6 Å². The lowest BCUT2D eigenvalue weighted by Gasteiger charge is -2.39. The molecule has 0 spiro atoms. The number of carboxylic acids is 1. The van der Waals surface area contributed by atoms with E-state index in [9.17, 15) is 23.5 Å². The maximum atomic E-state index is 13.7. The van der Waals surface area contributed by atoms with Gasteiger partial charge in [-0.1, -0.05) is 12.1 Å². The Morgan fingerprint density at radius 3 is 2.74 bits per heavy atom. The van der Waals surface area contributed by atoms with Crippen LogP contribution in [0, 0.1) is 17.0 Å². The average Bonchev–Trinajstić information content (AvgIpc) is 2.50. The van der Waals surface area contributed by atoms with Crippen LogP contribution in [-0.2, 0) is 16.0 Å². The van der Waals surface area contributed by atoms with Crippen molar-refractivity contribution >= 4 is 11.9 Å². The summed E-state index contributed by atoms with van der Waals surface area (Å²) in [5.74, 6) is -2.79. The molecule has 1 atom stereocenters. The third-order valence-electron chi connectivity index (χ3n) is 4.28. The van der Waals surface area contributed by atoms with Crippen molar-refractivity contribution < 1.29 is 23.5 Å². The van der Waals surface area contributed by atoms with Crippen LogP contribution in [-0.4, -0.2) is 35.0 Å². The highest BCUT2D eigenvalue weighted by molar-refractivity contribution is 5.81. The van der Waals surface area contributed by atoms with Crippen LogP contribution in [0.5, 0.6) is 0 Å². The summed E-state index contributed by atoms with van der Waals surface area (Å²) in [5, 5.41) is 9.50. The molecule has 1 aliphatic rings. The molecule has 23 heavy (non-hydrogen) atoms. The van der Waals surface area contributed by atoms with Crippen LogP contribution < -0.4 is 0 Å². The molecule has 4 nitrogen and oxygen atoms in total. The van der Waals surface area contributed by atoms with Gasteiger partial charge in [0.05, 0.1) is 11.8 Å². The van der Waals surface area contributed by atoms with E-state index < -0.39 is 23.0 Å². The summed E-state index contributed by atoms with van der Waals surface area (Å²) in [7, 11) is 0. The van der Waals surface area contributed by atoms with Crippen molar-refractivity contribution in [1.29, 1.82) is 0 Å². The fourth-order valence-corrected chi connectivity index (χ4v) is 2.99. The van der Waals surface area contributed by atoms with Crippen molar-refractivity contribution in [3.63, 3.8) is 0 Å². The Hall–Kier alpha value is -2.24. The molecule has 0 bridgehead atoms. The van der Waals surface area contributed by atoms with Gasteiger partial charge in [0.25, 0.3) is 0 Å². The average molecular weight is 323 g/mol. The Balaban J connectivity index is 2.12. The van der Waals surface area contributed by atoms with Gasteiger partial charge in [0.2, 0.25) is 5.91 Å². The van der Waals surface area contributed by atoms with Crippen molar-refractivity contribution in [3.05, 3.63) is 48.1 Å². The SMILES string of the molecule is C=CC[C@]1(C(=O)O)CCCN(C(=O)Cc2ccc(F)cc2F)C1. The van der Waals surface area contributed by atoms with Crippen molar-refractivity contribution in [2.75, 3.05) is 13.1 Å². The topological polar surface area (TPSA) is 57.6 Å². The van der Waals surface area contributed by atoms with E-state index in [-0.39, 0.29) is 30.9 Å². The number of hydrogen-bond acceptors (Lipinski definition) is 2. The normalized spacial score (nSPS) is 21.0. The first-order chi connectivity index (χ1) is 10.9. The molecule has 1 aromatic carbocycles. The summed E-state index contributed by atoms with van der Waals surface area (Å²) >= 11 is 0. The van der Waals surface area contributed by atoms with Crippen LogP contribution in [0.15, 0.2) is 30.9 Å². The minimum absolute atomic E-state index is 0.0794. The number of nitrogens with zero attached hydrogens (tertiary/aromatic N) is 1. The number of rotatable bonds is 5. The van der Waals surface area contributed by atoms with E-state index in [0.29, 0.717) is 19.4 Å². The summed E-state index contributed by atoms with van der Waals surface area (Å²) in [6.07, 6.45) is 2.65. The number of likely N-dealkylation sites (tertiary alicyclic amines) is 1. The first-order valence-electron chi connectivity index (χ1n) is 7.44. The standard InChI is InChI=1S/C17H19F2NO3/c1-2-6-17(16(22)23)7-3-8-20(11-17)15(21)9-12-4-5-13(18)10-14(12)19/h2,4-5,10H,1,3,6-9,11H2,(H,22,23)/t17-/m0/s1. The van der Waals surface area contributed by atoms with Crippen LogP contribution in [0.1, 0.15) is 24.8 Å². The smallest absolute Gasteiger partial charge is 0.311 e. The van der Waals surface area contributed by atoms with Crippen LogP contribution in [0.25, 0.3) is 0 Å². The summed E-state index contributed by atoms with van der Waals surface area (Å²) in [4.78, 5) is 25.4. The minimum Gasteiger partial charge on any atom is -0.481 e. The number of carbonyl (C=O) groups excluding carboxylic acids is 1. The molecule has 1 aliphatic heterocycles. The molecule has 0 aliphatic carbocycles. The molecule has 1 N–H and O–H groups in total. The number of carbonyl (C=O) groups is 2. The van der Waals surface area contributed by atoms with Gasteiger partial charge in [-0.15, -0.1) is 6.58 Å². The van der Waals surface area contributed by atoms with Gasteiger partial charge < -0.3 is 10.0 Å². The summed E-state index contributed by atoms with van der Waals surface area (Å²) in [6.45, 7) is 4.11. The number of piperidine rings is 1. The first-order valence-corrected chi connectivity index (χ1v) is 7.44. The highest BCUT2D eigenvalue weighted by Crippen LogP contribution is 2.34. The molecule has 1 saturated heterocycles. The van der Waals surface area contributed by atoms with Crippen LogP contribution in [0.3, 0.4) is 0 Å². The molecule has 0 unspecified atom stereocenters. The largest absolute Gasteiger partial charge is 0.481 e. The number of carboxylic acid groups (broad SMARTS) is 1.